The molecule has 156 valence electrons. The molecule has 2 aliphatic rings. The van der Waals surface area contributed by atoms with E-state index in [2.05, 4.69) is 15.7 Å². The van der Waals surface area contributed by atoms with Gasteiger partial charge in [-0.2, -0.15) is 5.10 Å². The molecule has 0 radical (unpaired) electrons. The van der Waals surface area contributed by atoms with Gasteiger partial charge in [-0.15, -0.1) is 0 Å². The van der Waals surface area contributed by atoms with E-state index in [0.717, 1.165) is 31.4 Å². The predicted octanol–water partition coefficient (Wildman–Crippen LogP) is 4.69. The Morgan fingerprint density at radius 2 is 1.79 bits per heavy atom. The summed E-state index contributed by atoms with van der Waals surface area (Å²) in [4.78, 5) is 12.2. The molecule has 1 aromatic heterocycles. The molecular weight excluding hydrogens is 395 g/mol. The van der Waals surface area contributed by atoms with Crippen molar-refractivity contribution in [2.45, 2.75) is 50.0 Å². The molecule has 0 bridgehead atoms. The van der Waals surface area contributed by atoms with Crippen molar-refractivity contribution in [1.82, 2.24) is 15.1 Å². The van der Waals surface area contributed by atoms with Gasteiger partial charge in [-0.05, 0) is 30.9 Å². The number of hydrogen-bond donors (Lipinski definition) is 2. The van der Waals surface area contributed by atoms with Crippen molar-refractivity contribution < 1.29 is 26.7 Å². The van der Waals surface area contributed by atoms with Crippen LogP contribution >= 0.6 is 0 Å². The van der Waals surface area contributed by atoms with Gasteiger partial charge >= 0.3 is 6.03 Å². The summed E-state index contributed by atoms with van der Waals surface area (Å²) in [5.41, 5.74) is 1.07. The highest BCUT2D eigenvalue weighted by Gasteiger charge is 2.46. The normalized spacial score (nSPS) is 18.8. The molecule has 2 N–H and O–H groups in total. The van der Waals surface area contributed by atoms with E-state index in [1.165, 1.54) is 4.68 Å². The lowest BCUT2D eigenvalue weighted by Gasteiger charge is -2.35. The summed E-state index contributed by atoms with van der Waals surface area (Å²) in [6, 6.07) is 0.475. The molecule has 0 saturated heterocycles. The number of urea groups is 1. The average Bonchev–Trinajstić information content (AvgIpc) is 2.84. The molecule has 0 atom stereocenters. The van der Waals surface area contributed by atoms with Gasteiger partial charge in [0.1, 0.15) is 0 Å². The minimum Gasteiger partial charge on any atom is -0.335 e. The minimum absolute atomic E-state index is 0.0122. The number of anilines is 1. The van der Waals surface area contributed by atoms with Crippen LogP contribution in [0.4, 0.5) is 32.6 Å². The number of benzene rings is 1. The monoisotopic (exact) mass is 414 g/mol. The van der Waals surface area contributed by atoms with E-state index in [4.69, 9.17) is 0 Å². The van der Waals surface area contributed by atoms with Crippen LogP contribution < -0.4 is 10.6 Å². The van der Waals surface area contributed by atoms with Gasteiger partial charge in [-0.25, -0.2) is 26.7 Å². The highest BCUT2D eigenvalue weighted by atomic mass is 19.3. The zero-order chi connectivity index (χ0) is 20.9. The third kappa shape index (κ3) is 3.67. The summed E-state index contributed by atoms with van der Waals surface area (Å²) in [6.45, 7) is 0. The molecule has 4 rings (SSSR count). The van der Waals surface area contributed by atoms with Crippen LogP contribution in [0.1, 0.15) is 43.6 Å². The number of aryl methyl sites for hydroxylation is 1. The number of alkyl halides is 2. The summed E-state index contributed by atoms with van der Waals surface area (Å²) in [7, 11) is 1.55. The second kappa shape index (κ2) is 7.00. The van der Waals surface area contributed by atoms with Gasteiger partial charge in [0.2, 0.25) is 0 Å². The molecule has 2 aromatic rings. The zero-order valence-corrected chi connectivity index (χ0v) is 15.5. The smallest absolute Gasteiger partial charge is 0.320 e. The van der Waals surface area contributed by atoms with Crippen molar-refractivity contribution in [3.05, 3.63) is 35.1 Å². The number of halogens is 5. The van der Waals surface area contributed by atoms with Crippen LogP contribution in [0.15, 0.2) is 12.1 Å². The molecular formula is C19H19F5N4O. The predicted molar refractivity (Wildman–Crippen MR) is 95.2 cm³/mol. The first-order valence-electron chi connectivity index (χ1n) is 9.32. The lowest BCUT2D eigenvalue weighted by molar-refractivity contribution is -0.0893. The van der Waals surface area contributed by atoms with Crippen LogP contribution in [0.25, 0.3) is 11.3 Å². The van der Waals surface area contributed by atoms with E-state index < -0.39 is 48.3 Å². The maximum Gasteiger partial charge on any atom is 0.320 e. The fourth-order valence-corrected chi connectivity index (χ4v) is 3.84. The molecule has 1 aromatic carbocycles. The third-order valence-corrected chi connectivity index (χ3v) is 5.51. The minimum atomic E-state index is -2.76. The maximum absolute atomic E-state index is 13.8. The Bertz CT molecular complexity index is 939. The summed E-state index contributed by atoms with van der Waals surface area (Å²) >= 11 is 0. The Labute approximate surface area is 163 Å². The van der Waals surface area contributed by atoms with Gasteiger partial charge in [0.15, 0.2) is 23.3 Å². The summed E-state index contributed by atoms with van der Waals surface area (Å²) in [6.07, 6.45) is 1.72. The number of carbonyl (C=O) groups excluding carboxylic acids is 1. The first-order valence-corrected chi connectivity index (χ1v) is 9.32. The van der Waals surface area contributed by atoms with Crippen LogP contribution in [0.2, 0.25) is 0 Å². The van der Waals surface area contributed by atoms with Gasteiger partial charge in [0.05, 0.1) is 5.69 Å². The Balaban J connectivity index is 1.64. The van der Waals surface area contributed by atoms with E-state index in [9.17, 15) is 26.7 Å². The van der Waals surface area contributed by atoms with E-state index in [0.29, 0.717) is 11.3 Å². The van der Waals surface area contributed by atoms with Crippen molar-refractivity contribution in [3.8, 4) is 11.3 Å². The van der Waals surface area contributed by atoms with Crippen molar-refractivity contribution in [2.75, 3.05) is 5.32 Å². The first-order chi connectivity index (χ1) is 13.6. The molecule has 0 spiro atoms. The molecule has 2 amide bonds. The molecule has 29 heavy (non-hydrogen) atoms. The van der Waals surface area contributed by atoms with Crippen LogP contribution in [-0.4, -0.2) is 27.8 Å². The number of amides is 2. The molecule has 2 aliphatic carbocycles. The maximum atomic E-state index is 13.8. The summed E-state index contributed by atoms with van der Waals surface area (Å²) in [5.74, 6) is -6.75. The standard InChI is InChI=1S/C19H19F5N4O/c1-28-16(10-5-12(20)15(22)13(21)6-10)14(9-3-2-4-9)17(27-28)26-18(29)25-11-7-19(23,24)8-11/h5-6,9,11H,2-4,7-8H2,1H3,(H2,25,26,27,29). The van der Waals surface area contributed by atoms with Crippen molar-refractivity contribution >= 4 is 11.8 Å². The Morgan fingerprint density at radius 1 is 1.17 bits per heavy atom. The number of rotatable bonds is 4. The van der Waals surface area contributed by atoms with Crippen molar-refractivity contribution in [1.29, 1.82) is 0 Å². The summed E-state index contributed by atoms with van der Waals surface area (Å²) < 4.78 is 68.2. The number of hydrogen-bond acceptors (Lipinski definition) is 2. The molecule has 5 nitrogen and oxygen atoms in total. The highest BCUT2D eigenvalue weighted by Crippen LogP contribution is 2.45. The molecule has 2 fully saturated rings. The molecule has 0 unspecified atom stereocenters. The summed E-state index contributed by atoms with van der Waals surface area (Å²) in [5, 5.41) is 9.29. The average molecular weight is 414 g/mol. The van der Waals surface area contributed by atoms with Crippen LogP contribution in [-0.2, 0) is 7.05 Å². The van der Waals surface area contributed by atoms with E-state index in [-0.39, 0.29) is 17.3 Å². The Hall–Kier alpha value is -2.65. The molecule has 1 heterocycles. The van der Waals surface area contributed by atoms with E-state index >= 15 is 0 Å². The van der Waals surface area contributed by atoms with Gasteiger partial charge in [-0.1, -0.05) is 6.42 Å². The lowest BCUT2D eigenvalue weighted by atomic mass is 9.79. The van der Waals surface area contributed by atoms with Crippen LogP contribution in [0.5, 0.6) is 0 Å². The lowest BCUT2D eigenvalue weighted by Crippen LogP contribution is -2.51. The molecule has 2 saturated carbocycles. The van der Waals surface area contributed by atoms with Gasteiger partial charge in [0.25, 0.3) is 5.92 Å². The second-order valence-electron chi connectivity index (χ2n) is 7.68. The highest BCUT2D eigenvalue weighted by molar-refractivity contribution is 5.91. The quantitative estimate of drug-likeness (QED) is 0.563. The van der Waals surface area contributed by atoms with Crippen molar-refractivity contribution in [3.63, 3.8) is 0 Å². The van der Waals surface area contributed by atoms with Gasteiger partial charge in [-0.3, -0.25) is 10.00 Å². The van der Waals surface area contributed by atoms with Crippen molar-refractivity contribution in [2.24, 2.45) is 7.05 Å². The number of aromatic nitrogens is 2. The SMILES string of the molecule is Cn1nc(NC(=O)NC2CC(F)(F)C2)c(C2CCC2)c1-c1cc(F)c(F)c(F)c1. The number of nitrogens with one attached hydrogen (secondary N) is 2. The molecule has 10 heteroatoms. The second-order valence-corrected chi connectivity index (χ2v) is 7.68. The largest absolute Gasteiger partial charge is 0.335 e. The van der Waals surface area contributed by atoms with Gasteiger partial charge < -0.3 is 5.32 Å². The van der Waals surface area contributed by atoms with Crippen LogP contribution in [0, 0.1) is 17.5 Å². The Kier molecular flexibility index (Phi) is 4.74. The zero-order valence-electron chi connectivity index (χ0n) is 15.5. The van der Waals surface area contributed by atoms with Crippen LogP contribution in [0.3, 0.4) is 0 Å². The first kappa shape index (κ1) is 19.7. The van der Waals surface area contributed by atoms with E-state index in [1.807, 2.05) is 0 Å². The number of nitrogens with zero attached hydrogens (tertiary/aromatic N) is 2. The molecule has 0 aliphatic heterocycles. The van der Waals surface area contributed by atoms with E-state index in [1.54, 1.807) is 7.05 Å². The fourth-order valence-electron chi connectivity index (χ4n) is 3.84. The fraction of sp³-hybridized carbons (Fsp3) is 0.474. The topological polar surface area (TPSA) is 59.0 Å². The number of carbonyl (C=O) groups is 1. The van der Waals surface area contributed by atoms with Gasteiger partial charge in [0, 0.05) is 37.1 Å². The third-order valence-electron chi connectivity index (χ3n) is 5.51. The Morgan fingerprint density at radius 3 is 2.31 bits per heavy atom.